The SMILES string of the molecule is O=C(Nc1cccc(C(F)(F)F)c1)Nc1cc(Cl)c(Oc2cc(Cl)ncn2)c(Cl)c1. The van der Waals surface area contributed by atoms with Gasteiger partial charge in [-0.15, -0.1) is 0 Å². The molecule has 0 spiro atoms. The van der Waals surface area contributed by atoms with Crippen molar-refractivity contribution >= 4 is 52.2 Å². The van der Waals surface area contributed by atoms with E-state index in [0.717, 1.165) is 12.1 Å². The second-order valence-electron chi connectivity index (χ2n) is 5.71. The Morgan fingerprint density at radius 1 is 0.933 bits per heavy atom. The van der Waals surface area contributed by atoms with E-state index in [9.17, 15) is 18.0 Å². The van der Waals surface area contributed by atoms with Gasteiger partial charge in [0.25, 0.3) is 0 Å². The van der Waals surface area contributed by atoms with E-state index < -0.39 is 17.8 Å². The molecule has 1 heterocycles. The van der Waals surface area contributed by atoms with Crippen LogP contribution >= 0.6 is 34.8 Å². The number of hydrogen-bond donors (Lipinski definition) is 2. The first kappa shape index (κ1) is 21.9. The van der Waals surface area contributed by atoms with Crippen LogP contribution in [0.5, 0.6) is 11.6 Å². The number of carbonyl (C=O) groups is 1. The van der Waals surface area contributed by atoms with Crippen molar-refractivity contribution in [1.82, 2.24) is 9.97 Å². The van der Waals surface area contributed by atoms with Crippen molar-refractivity contribution in [3.63, 3.8) is 0 Å². The molecule has 0 radical (unpaired) electrons. The van der Waals surface area contributed by atoms with Crippen LogP contribution in [0, 0.1) is 0 Å². The van der Waals surface area contributed by atoms with Crippen molar-refractivity contribution < 1.29 is 22.7 Å². The zero-order valence-electron chi connectivity index (χ0n) is 14.6. The predicted molar refractivity (Wildman–Crippen MR) is 108 cm³/mol. The highest BCUT2D eigenvalue weighted by atomic mass is 35.5. The third kappa shape index (κ3) is 5.65. The third-order valence-corrected chi connectivity index (χ3v) is 4.29. The molecule has 0 saturated carbocycles. The van der Waals surface area contributed by atoms with E-state index in [1.54, 1.807) is 0 Å². The Morgan fingerprint density at radius 2 is 1.60 bits per heavy atom. The number of amides is 2. The highest BCUT2D eigenvalue weighted by Crippen LogP contribution is 2.38. The quantitative estimate of drug-likeness (QED) is 0.401. The van der Waals surface area contributed by atoms with Gasteiger partial charge < -0.3 is 15.4 Å². The Kier molecular flexibility index (Phi) is 6.55. The van der Waals surface area contributed by atoms with Gasteiger partial charge in [0.15, 0.2) is 5.75 Å². The van der Waals surface area contributed by atoms with Crippen molar-refractivity contribution in [3.05, 3.63) is 69.6 Å². The largest absolute Gasteiger partial charge is 0.436 e. The molecule has 0 aliphatic rings. The number of alkyl halides is 3. The van der Waals surface area contributed by atoms with Crippen molar-refractivity contribution in [2.45, 2.75) is 6.18 Å². The molecule has 12 heteroatoms. The van der Waals surface area contributed by atoms with Crippen LogP contribution in [0.25, 0.3) is 0 Å². The maximum Gasteiger partial charge on any atom is 0.416 e. The molecule has 6 nitrogen and oxygen atoms in total. The van der Waals surface area contributed by atoms with Crippen LogP contribution < -0.4 is 15.4 Å². The van der Waals surface area contributed by atoms with Crippen LogP contribution in [0.2, 0.25) is 15.2 Å². The predicted octanol–water partition coefficient (Wildman–Crippen LogP) is 6.89. The second-order valence-corrected chi connectivity index (χ2v) is 6.91. The van der Waals surface area contributed by atoms with Gasteiger partial charge in [-0.05, 0) is 30.3 Å². The fourth-order valence-corrected chi connectivity index (χ4v) is 2.98. The lowest BCUT2D eigenvalue weighted by Crippen LogP contribution is -2.19. The molecule has 3 aromatic rings. The second kappa shape index (κ2) is 8.95. The highest BCUT2D eigenvalue weighted by Gasteiger charge is 2.30. The summed E-state index contributed by atoms with van der Waals surface area (Å²) >= 11 is 18.1. The van der Waals surface area contributed by atoms with Crippen LogP contribution in [0.4, 0.5) is 29.3 Å². The van der Waals surface area contributed by atoms with Gasteiger partial charge in [0, 0.05) is 17.4 Å². The summed E-state index contributed by atoms with van der Waals surface area (Å²) in [6.07, 6.45) is -3.34. The van der Waals surface area contributed by atoms with Crippen LogP contribution in [0.1, 0.15) is 5.56 Å². The molecular weight excluding hydrogens is 468 g/mol. The summed E-state index contributed by atoms with van der Waals surface area (Å²) in [6, 6.07) is 7.45. The summed E-state index contributed by atoms with van der Waals surface area (Å²) < 4.78 is 43.8. The monoisotopic (exact) mass is 476 g/mol. The number of ether oxygens (including phenoxy) is 1. The lowest BCUT2D eigenvalue weighted by atomic mass is 10.2. The smallest absolute Gasteiger partial charge is 0.416 e. The number of halogens is 6. The number of nitrogens with one attached hydrogen (secondary N) is 2. The van der Waals surface area contributed by atoms with Gasteiger partial charge in [0.05, 0.1) is 15.6 Å². The van der Waals surface area contributed by atoms with Gasteiger partial charge in [0.2, 0.25) is 5.88 Å². The number of benzene rings is 2. The topological polar surface area (TPSA) is 76.1 Å². The molecule has 0 fully saturated rings. The molecule has 2 amide bonds. The summed E-state index contributed by atoms with van der Waals surface area (Å²) in [7, 11) is 0. The number of aromatic nitrogens is 2. The first-order valence-corrected chi connectivity index (χ1v) is 9.15. The standard InChI is InChI=1S/C18H10Cl3F3N4O2/c19-12-5-11(6-13(20)16(12)30-15-7-14(21)25-8-26-15)28-17(29)27-10-3-1-2-9(4-10)18(22,23)24/h1-8H,(H2,27,28,29). The number of rotatable bonds is 4. The molecule has 156 valence electrons. The Hall–Kier alpha value is -2.75. The number of urea groups is 1. The first-order chi connectivity index (χ1) is 14.1. The van der Waals surface area contributed by atoms with Gasteiger partial charge in [0.1, 0.15) is 11.5 Å². The zero-order valence-corrected chi connectivity index (χ0v) is 16.9. The van der Waals surface area contributed by atoms with Crippen molar-refractivity contribution in [1.29, 1.82) is 0 Å². The van der Waals surface area contributed by atoms with Crippen molar-refractivity contribution in [3.8, 4) is 11.6 Å². The van der Waals surface area contributed by atoms with E-state index >= 15 is 0 Å². The van der Waals surface area contributed by atoms with E-state index in [0.29, 0.717) is 0 Å². The first-order valence-electron chi connectivity index (χ1n) is 8.01. The highest BCUT2D eigenvalue weighted by molar-refractivity contribution is 6.37. The Bertz CT molecular complexity index is 1070. The molecule has 0 unspecified atom stereocenters. The van der Waals surface area contributed by atoms with E-state index in [1.165, 1.54) is 36.7 Å². The summed E-state index contributed by atoms with van der Waals surface area (Å²) in [6.45, 7) is 0. The third-order valence-electron chi connectivity index (χ3n) is 3.52. The minimum Gasteiger partial charge on any atom is -0.436 e. The Morgan fingerprint density at radius 3 is 2.23 bits per heavy atom. The van der Waals surface area contributed by atoms with E-state index in [4.69, 9.17) is 39.5 Å². The summed E-state index contributed by atoms with van der Waals surface area (Å²) in [5.41, 5.74) is -0.750. The minimum atomic E-state index is -4.53. The summed E-state index contributed by atoms with van der Waals surface area (Å²) in [5.74, 6) is 0.165. The molecule has 2 aromatic carbocycles. The minimum absolute atomic E-state index is 0.0416. The molecule has 0 aliphatic heterocycles. The van der Waals surface area contributed by atoms with E-state index in [-0.39, 0.29) is 38.2 Å². The molecule has 2 N–H and O–H groups in total. The maximum atomic E-state index is 12.8. The molecule has 0 atom stereocenters. The molecule has 30 heavy (non-hydrogen) atoms. The van der Waals surface area contributed by atoms with Crippen molar-refractivity contribution in [2.75, 3.05) is 10.6 Å². The van der Waals surface area contributed by atoms with E-state index in [1.807, 2.05) is 0 Å². The number of hydrogen-bond acceptors (Lipinski definition) is 4. The molecule has 0 bridgehead atoms. The number of anilines is 2. The molecular formula is C18H10Cl3F3N4O2. The number of carbonyl (C=O) groups excluding carboxylic acids is 1. The Labute approximate surface area is 182 Å². The molecule has 0 aliphatic carbocycles. The average Bonchev–Trinajstić information content (AvgIpc) is 2.64. The molecule has 3 rings (SSSR count). The van der Waals surface area contributed by atoms with Crippen LogP contribution in [0.3, 0.4) is 0 Å². The van der Waals surface area contributed by atoms with Crippen molar-refractivity contribution in [2.24, 2.45) is 0 Å². The Balaban J connectivity index is 1.72. The fraction of sp³-hybridized carbons (Fsp3) is 0.0556. The molecule has 1 aromatic heterocycles. The summed E-state index contributed by atoms with van der Waals surface area (Å²) in [5, 5.41) is 4.98. The molecule has 0 saturated heterocycles. The van der Waals surface area contributed by atoms with Gasteiger partial charge in [-0.3, -0.25) is 0 Å². The van der Waals surface area contributed by atoms with Crippen LogP contribution in [0.15, 0.2) is 48.8 Å². The summed E-state index contributed by atoms with van der Waals surface area (Å²) in [4.78, 5) is 19.7. The fourth-order valence-electron chi connectivity index (χ4n) is 2.27. The average molecular weight is 478 g/mol. The maximum absolute atomic E-state index is 12.8. The lowest BCUT2D eigenvalue weighted by molar-refractivity contribution is -0.137. The lowest BCUT2D eigenvalue weighted by Gasteiger charge is -2.13. The van der Waals surface area contributed by atoms with Gasteiger partial charge in [-0.1, -0.05) is 40.9 Å². The normalized spacial score (nSPS) is 11.1. The van der Waals surface area contributed by atoms with Crippen LogP contribution in [-0.2, 0) is 6.18 Å². The van der Waals surface area contributed by atoms with Gasteiger partial charge in [-0.2, -0.15) is 13.2 Å². The van der Waals surface area contributed by atoms with Gasteiger partial charge in [-0.25, -0.2) is 14.8 Å². The van der Waals surface area contributed by atoms with Gasteiger partial charge >= 0.3 is 12.2 Å². The van der Waals surface area contributed by atoms with E-state index in [2.05, 4.69) is 20.6 Å². The van der Waals surface area contributed by atoms with Crippen LogP contribution in [-0.4, -0.2) is 16.0 Å². The number of nitrogens with zero attached hydrogens (tertiary/aromatic N) is 2. The zero-order chi connectivity index (χ0) is 21.9.